The van der Waals surface area contributed by atoms with Crippen molar-refractivity contribution in [3.8, 4) is 11.5 Å². The van der Waals surface area contributed by atoms with E-state index in [1.165, 1.54) is 0 Å². The predicted octanol–water partition coefficient (Wildman–Crippen LogP) is 6.36. The lowest BCUT2D eigenvalue weighted by Gasteiger charge is -2.18. The summed E-state index contributed by atoms with van der Waals surface area (Å²) in [6.45, 7) is 9.91. The van der Waals surface area contributed by atoms with Gasteiger partial charge in [0, 0.05) is 17.1 Å². The number of rotatable bonds is 12. The molecular formula is C22H32BrCl3N2O2. The van der Waals surface area contributed by atoms with Crippen LogP contribution in [0, 0.1) is 0 Å². The van der Waals surface area contributed by atoms with E-state index >= 15 is 0 Å². The van der Waals surface area contributed by atoms with Crippen molar-refractivity contribution in [3.63, 3.8) is 0 Å². The lowest BCUT2D eigenvalue weighted by molar-refractivity contribution is 0.282. The Bertz CT molecular complexity index is 746. The Kier molecular flexibility index (Phi) is 15.6. The first-order valence-electron chi connectivity index (χ1n) is 9.74. The van der Waals surface area contributed by atoms with Gasteiger partial charge in [0.1, 0.15) is 6.61 Å². The molecule has 2 aromatic carbocycles. The smallest absolute Gasteiger partial charge is 0.175 e. The van der Waals surface area contributed by atoms with Crippen LogP contribution in [0.5, 0.6) is 11.5 Å². The van der Waals surface area contributed by atoms with Crippen molar-refractivity contribution < 1.29 is 9.47 Å². The molecule has 0 radical (unpaired) electrons. The fraction of sp³-hybridized carbons (Fsp3) is 0.455. The quantitative estimate of drug-likeness (QED) is 0.317. The van der Waals surface area contributed by atoms with Crippen LogP contribution >= 0.6 is 52.3 Å². The van der Waals surface area contributed by atoms with Crippen LogP contribution in [0.15, 0.2) is 40.9 Å². The number of hydrogen-bond donors (Lipinski definition) is 1. The molecular weight excluding hydrogens is 511 g/mol. The second-order valence-corrected chi connectivity index (χ2v) is 7.81. The van der Waals surface area contributed by atoms with Gasteiger partial charge in [-0.2, -0.15) is 0 Å². The molecule has 2 aromatic rings. The van der Waals surface area contributed by atoms with Gasteiger partial charge in [-0.05, 0) is 72.3 Å². The molecule has 0 amide bonds. The molecule has 0 spiro atoms. The fourth-order valence-corrected chi connectivity index (χ4v) is 3.78. The highest BCUT2D eigenvalue weighted by molar-refractivity contribution is 9.10. The zero-order valence-electron chi connectivity index (χ0n) is 17.7. The van der Waals surface area contributed by atoms with Gasteiger partial charge >= 0.3 is 0 Å². The largest absolute Gasteiger partial charge is 0.493 e. The molecule has 8 heteroatoms. The van der Waals surface area contributed by atoms with Crippen molar-refractivity contribution in [2.75, 3.05) is 33.3 Å². The first-order valence-corrected chi connectivity index (χ1v) is 10.9. The van der Waals surface area contributed by atoms with Gasteiger partial charge in [0.2, 0.25) is 0 Å². The average Bonchev–Trinajstić information content (AvgIpc) is 2.70. The molecule has 0 saturated carbocycles. The number of benzene rings is 2. The Balaban J connectivity index is 0.00000420. The minimum absolute atomic E-state index is 0. The van der Waals surface area contributed by atoms with E-state index in [1.54, 1.807) is 7.11 Å². The average molecular weight is 543 g/mol. The van der Waals surface area contributed by atoms with Crippen LogP contribution in [0.3, 0.4) is 0 Å². The van der Waals surface area contributed by atoms with E-state index < -0.39 is 0 Å². The standard InChI is InChI=1S/C22H30BrClN2O2.2ClH/c1-4-26(5-2)12-8-11-25-15-17-13-19(23)22(21(14-17)27-3)28-16-18-9-6-7-10-20(18)24;;/h6-7,9-10,13-14,25H,4-5,8,11-12,15-16H2,1-3H3;2*1H. The third kappa shape index (κ3) is 9.21. The molecule has 30 heavy (non-hydrogen) atoms. The Labute approximate surface area is 206 Å². The summed E-state index contributed by atoms with van der Waals surface area (Å²) in [5, 5.41) is 4.20. The maximum Gasteiger partial charge on any atom is 0.175 e. The lowest BCUT2D eigenvalue weighted by atomic mass is 10.2. The molecule has 0 aromatic heterocycles. The molecule has 0 bridgehead atoms. The van der Waals surface area contributed by atoms with Crippen LogP contribution in [0.2, 0.25) is 5.02 Å². The Morgan fingerprint density at radius 2 is 1.80 bits per heavy atom. The summed E-state index contributed by atoms with van der Waals surface area (Å²) in [5.41, 5.74) is 2.09. The van der Waals surface area contributed by atoms with E-state index in [1.807, 2.05) is 30.3 Å². The predicted molar refractivity (Wildman–Crippen MR) is 135 cm³/mol. The van der Waals surface area contributed by atoms with Crippen LogP contribution < -0.4 is 14.8 Å². The van der Waals surface area contributed by atoms with Crippen molar-refractivity contribution in [2.45, 2.75) is 33.4 Å². The van der Waals surface area contributed by atoms with Gasteiger partial charge in [-0.1, -0.05) is 43.6 Å². The summed E-state index contributed by atoms with van der Waals surface area (Å²) >= 11 is 9.83. The summed E-state index contributed by atoms with van der Waals surface area (Å²) in [7, 11) is 1.66. The van der Waals surface area contributed by atoms with Gasteiger partial charge in [0.25, 0.3) is 0 Å². The van der Waals surface area contributed by atoms with Gasteiger partial charge in [-0.25, -0.2) is 0 Å². The van der Waals surface area contributed by atoms with Crippen molar-refractivity contribution in [1.29, 1.82) is 0 Å². The van der Waals surface area contributed by atoms with Crippen molar-refractivity contribution in [1.82, 2.24) is 10.2 Å². The molecule has 1 N–H and O–H groups in total. The highest BCUT2D eigenvalue weighted by atomic mass is 79.9. The monoisotopic (exact) mass is 540 g/mol. The first-order chi connectivity index (χ1) is 13.6. The SMILES string of the molecule is CCN(CC)CCCNCc1cc(Br)c(OCc2ccccc2Cl)c(OC)c1.Cl.Cl. The Morgan fingerprint density at radius 3 is 2.43 bits per heavy atom. The molecule has 0 fully saturated rings. The molecule has 0 aliphatic carbocycles. The Morgan fingerprint density at radius 1 is 1.10 bits per heavy atom. The molecule has 0 aliphatic heterocycles. The molecule has 170 valence electrons. The number of nitrogens with zero attached hydrogens (tertiary/aromatic N) is 1. The summed E-state index contributed by atoms with van der Waals surface area (Å²) in [6, 6.07) is 11.8. The fourth-order valence-electron chi connectivity index (χ4n) is 2.98. The molecule has 0 unspecified atom stereocenters. The lowest BCUT2D eigenvalue weighted by Crippen LogP contribution is -2.27. The van der Waals surface area contributed by atoms with Crippen molar-refractivity contribution >= 4 is 52.3 Å². The van der Waals surface area contributed by atoms with E-state index in [0.29, 0.717) is 23.1 Å². The van der Waals surface area contributed by atoms with Crippen molar-refractivity contribution in [3.05, 3.63) is 57.0 Å². The maximum absolute atomic E-state index is 6.22. The van der Waals surface area contributed by atoms with Crippen LogP contribution in [0.4, 0.5) is 0 Å². The second kappa shape index (κ2) is 16.0. The number of ether oxygens (including phenoxy) is 2. The maximum atomic E-state index is 6.22. The molecule has 4 nitrogen and oxygen atoms in total. The summed E-state index contributed by atoms with van der Waals surface area (Å²) in [6.07, 6.45) is 1.14. The van der Waals surface area contributed by atoms with Gasteiger partial charge < -0.3 is 19.7 Å². The van der Waals surface area contributed by atoms with Gasteiger partial charge in [-0.15, -0.1) is 24.8 Å². The van der Waals surface area contributed by atoms with Gasteiger partial charge in [0.05, 0.1) is 11.6 Å². The van der Waals surface area contributed by atoms with E-state index in [-0.39, 0.29) is 24.8 Å². The van der Waals surface area contributed by atoms with Crippen molar-refractivity contribution in [2.24, 2.45) is 0 Å². The minimum Gasteiger partial charge on any atom is -0.493 e. The summed E-state index contributed by atoms with van der Waals surface area (Å²) < 4.78 is 12.4. The van der Waals surface area contributed by atoms with E-state index in [9.17, 15) is 0 Å². The second-order valence-electron chi connectivity index (χ2n) is 6.55. The third-order valence-corrected chi connectivity index (χ3v) is 5.63. The number of nitrogens with one attached hydrogen (secondary N) is 1. The highest BCUT2D eigenvalue weighted by Gasteiger charge is 2.13. The van der Waals surface area contributed by atoms with Gasteiger partial charge in [0.15, 0.2) is 11.5 Å². The summed E-state index contributed by atoms with van der Waals surface area (Å²) in [4.78, 5) is 2.44. The summed E-state index contributed by atoms with van der Waals surface area (Å²) in [5.74, 6) is 1.40. The number of methoxy groups -OCH3 is 1. The first kappa shape index (κ1) is 29.3. The molecule has 0 atom stereocenters. The minimum atomic E-state index is 0. The van der Waals surface area contributed by atoms with E-state index in [2.05, 4.69) is 46.1 Å². The normalized spacial score (nSPS) is 10.3. The zero-order chi connectivity index (χ0) is 20.4. The van der Waals surface area contributed by atoms with E-state index in [4.69, 9.17) is 21.1 Å². The zero-order valence-corrected chi connectivity index (χ0v) is 21.7. The molecule has 0 saturated heterocycles. The molecule has 0 aliphatic rings. The molecule has 0 heterocycles. The van der Waals surface area contributed by atoms with Crippen LogP contribution in [0.1, 0.15) is 31.4 Å². The van der Waals surface area contributed by atoms with Crippen LogP contribution in [-0.4, -0.2) is 38.2 Å². The van der Waals surface area contributed by atoms with Crippen LogP contribution in [-0.2, 0) is 13.2 Å². The topological polar surface area (TPSA) is 33.7 Å². The third-order valence-electron chi connectivity index (χ3n) is 4.67. The number of hydrogen-bond acceptors (Lipinski definition) is 4. The van der Waals surface area contributed by atoms with E-state index in [0.717, 1.165) is 54.7 Å². The molecule has 2 rings (SSSR count). The number of halogens is 4. The van der Waals surface area contributed by atoms with Crippen LogP contribution in [0.25, 0.3) is 0 Å². The highest BCUT2D eigenvalue weighted by Crippen LogP contribution is 2.37. The Hall–Kier alpha value is -0.690. The van der Waals surface area contributed by atoms with Gasteiger partial charge in [-0.3, -0.25) is 0 Å².